The van der Waals surface area contributed by atoms with Gasteiger partial charge in [0.25, 0.3) is 0 Å². The van der Waals surface area contributed by atoms with Crippen LogP contribution in [-0.4, -0.2) is 61.5 Å². The number of aromatic nitrogens is 1. The van der Waals surface area contributed by atoms with E-state index in [9.17, 15) is 0 Å². The number of nitrogens with zero attached hydrogens (tertiary/aromatic N) is 5. The molecule has 2 aliphatic heterocycles. The van der Waals surface area contributed by atoms with Crippen molar-refractivity contribution in [2.24, 2.45) is 4.99 Å². The molecule has 0 bridgehead atoms. The van der Waals surface area contributed by atoms with Crippen molar-refractivity contribution in [1.82, 2.24) is 9.88 Å². The molecule has 0 amide bonds. The number of aliphatic imine (C=N–C) groups is 1. The fourth-order valence-corrected chi connectivity index (χ4v) is 4.05. The Morgan fingerprint density at radius 2 is 1.83 bits per heavy atom. The van der Waals surface area contributed by atoms with Gasteiger partial charge < -0.3 is 20.0 Å². The van der Waals surface area contributed by atoms with Crippen molar-refractivity contribution in [3.05, 3.63) is 48.8 Å². The maximum atomic E-state index is 4.74. The Hall–Kier alpha value is -2.86. The van der Waals surface area contributed by atoms with Gasteiger partial charge in [0.2, 0.25) is 0 Å². The smallest absolute Gasteiger partial charge is 0.134 e. The molecule has 0 radical (unpaired) electrons. The molecule has 1 atom stereocenters. The topological polar surface area (TPSA) is 47.0 Å². The molecule has 1 saturated heterocycles. The van der Waals surface area contributed by atoms with Crippen molar-refractivity contribution in [3.63, 3.8) is 0 Å². The van der Waals surface area contributed by atoms with E-state index in [1.807, 2.05) is 24.7 Å². The lowest BCUT2D eigenvalue weighted by Crippen LogP contribution is -2.44. The van der Waals surface area contributed by atoms with E-state index in [0.29, 0.717) is 6.04 Å². The van der Waals surface area contributed by atoms with E-state index in [0.717, 1.165) is 37.6 Å². The number of likely N-dealkylation sites (N-methyl/N-ethyl adjacent to an activating group) is 1. The van der Waals surface area contributed by atoms with Crippen molar-refractivity contribution in [2.45, 2.75) is 32.0 Å². The lowest BCUT2D eigenvalue weighted by atomic mass is 10.0. The van der Waals surface area contributed by atoms with Crippen LogP contribution in [0, 0.1) is 0 Å². The van der Waals surface area contributed by atoms with Crippen molar-refractivity contribution in [1.29, 1.82) is 0 Å². The fourth-order valence-electron chi connectivity index (χ4n) is 4.05. The quantitative estimate of drug-likeness (QED) is 0.824. The first-order valence-electron chi connectivity index (χ1n) is 11.0. The molecule has 1 unspecified atom stereocenters. The predicted molar refractivity (Wildman–Crippen MR) is 126 cm³/mol. The van der Waals surface area contributed by atoms with Crippen LogP contribution in [-0.2, 0) is 0 Å². The molecule has 1 aromatic carbocycles. The van der Waals surface area contributed by atoms with Crippen molar-refractivity contribution < 1.29 is 0 Å². The van der Waals surface area contributed by atoms with Crippen LogP contribution in [0.15, 0.2) is 53.8 Å². The van der Waals surface area contributed by atoms with Gasteiger partial charge in [-0.1, -0.05) is 0 Å². The molecule has 3 heterocycles. The summed E-state index contributed by atoms with van der Waals surface area (Å²) in [6.07, 6.45) is 10.4. The summed E-state index contributed by atoms with van der Waals surface area (Å²) < 4.78 is 0. The number of hydrogen-bond acceptors (Lipinski definition) is 6. The molecule has 1 saturated carbocycles. The lowest BCUT2D eigenvalue weighted by molar-refractivity contribution is 0.313. The largest absolute Gasteiger partial charge is 0.382 e. The normalized spacial score (nSPS) is 21.9. The number of allylic oxidation sites excluding steroid dienone is 1. The third-order valence-electron chi connectivity index (χ3n) is 6.12. The van der Waals surface area contributed by atoms with Gasteiger partial charge in [0.15, 0.2) is 0 Å². The molecule has 6 nitrogen and oxygen atoms in total. The summed E-state index contributed by atoms with van der Waals surface area (Å²) in [6, 6.07) is 11.8. The highest BCUT2D eigenvalue weighted by Gasteiger charge is 2.22. The summed E-state index contributed by atoms with van der Waals surface area (Å²) >= 11 is 0. The number of anilines is 3. The molecule has 0 spiro atoms. The van der Waals surface area contributed by atoms with E-state index < -0.39 is 0 Å². The average Bonchev–Trinajstić information content (AvgIpc) is 3.58. The van der Waals surface area contributed by atoms with E-state index in [4.69, 9.17) is 4.98 Å². The van der Waals surface area contributed by atoms with Crippen LogP contribution in [0.1, 0.15) is 19.8 Å². The molecule has 1 N–H and O–H groups in total. The third-order valence-corrected chi connectivity index (χ3v) is 6.12. The van der Waals surface area contributed by atoms with Crippen LogP contribution >= 0.6 is 0 Å². The van der Waals surface area contributed by atoms with E-state index in [1.54, 1.807) is 0 Å². The highest BCUT2D eigenvalue weighted by molar-refractivity contribution is 5.76. The molecule has 2 fully saturated rings. The zero-order valence-corrected chi connectivity index (χ0v) is 17.8. The molecular weight excluding hydrogens is 372 g/mol. The molecule has 156 valence electrons. The van der Waals surface area contributed by atoms with E-state index >= 15 is 0 Å². The summed E-state index contributed by atoms with van der Waals surface area (Å²) in [5.41, 5.74) is 4.88. The minimum absolute atomic E-state index is 0.0725. The minimum atomic E-state index is 0.0725. The Morgan fingerprint density at radius 3 is 2.53 bits per heavy atom. The number of rotatable bonds is 5. The Bertz CT molecular complexity index is 939. The van der Waals surface area contributed by atoms with Crippen LogP contribution in [0.5, 0.6) is 0 Å². The number of piperazine rings is 1. The summed E-state index contributed by atoms with van der Waals surface area (Å²) in [4.78, 5) is 16.2. The predicted octanol–water partition coefficient (Wildman–Crippen LogP) is 3.83. The first kappa shape index (κ1) is 19.1. The van der Waals surface area contributed by atoms with Crippen LogP contribution in [0.25, 0.3) is 11.1 Å². The molecule has 3 aliphatic rings. The van der Waals surface area contributed by atoms with Crippen LogP contribution in [0.2, 0.25) is 0 Å². The average molecular weight is 403 g/mol. The van der Waals surface area contributed by atoms with Gasteiger partial charge in [-0.25, -0.2) is 4.98 Å². The van der Waals surface area contributed by atoms with Crippen LogP contribution in [0.4, 0.5) is 17.2 Å². The van der Waals surface area contributed by atoms with Gasteiger partial charge in [0.05, 0.1) is 0 Å². The first-order valence-corrected chi connectivity index (χ1v) is 11.0. The van der Waals surface area contributed by atoms with Crippen LogP contribution < -0.4 is 15.1 Å². The first-order chi connectivity index (χ1) is 14.7. The second kappa shape index (κ2) is 8.11. The van der Waals surface area contributed by atoms with Gasteiger partial charge in [-0.2, -0.15) is 0 Å². The lowest BCUT2D eigenvalue weighted by Gasteiger charge is -2.34. The highest BCUT2D eigenvalue weighted by atomic mass is 15.3. The third kappa shape index (κ3) is 4.19. The van der Waals surface area contributed by atoms with Gasteiger partial charge >= 0.3 is 0 Å². The number of benzene rings is 1. The Morgan fingerprint density at radius 1 is 1.00 bits per heavy atom. The molecule has 1 aliphatic carbocycles. The number of hydrogen-bond donors (Lipinski definition) is 1. The molecule has 2 aromatic rings. The zero-order valence-electron chi connectivity index (χ0n) is 17.8. The molecule has 6 heteroatoms. The van der Waals surface area contributed by atoms with Crippen LogP contribution in [0.3, 0.4) is 0 Å². The summed E-state index contributed by atoms with van der Waals surface area (Å²) in [5, 5.41) is 3.69. The molecule has 30 heavy (non-hydrogen) atoms. The molecule has 1 aromatic heterocycles. The molecular formula is C24H30N6. The fraction of sp³-hybridized carbons (Fsp3) is 0.417. The summed E-state index contributed by atoms with van der Waals surface area (Å²) in [5.74, 6) is 0.922. The van der Waals surface area contributed by atoms with Gasteiger partial charge in [-0.15, -0.1) is 0 Å². The van der Waals surface area contributed by atoms with Crippen molar-refractivity contribution >= 4 is 23.4 Å². The van der Waals surface area contributed by atoms with Crippen molar-refractivity contribution in [3.8, 4) is 11.1 Å². The monoisotopic (exact) mass is 402 g/mol. The van der Waals surface area contributed by atoms with E-state index in [2.05, 4.69) is 69.3 Å². The Labute approximate surface area is 178 Å². The highest BCUT2D eigenvalue weighted by Crippen LogP contribution is 2.33. The number of nitrogens with one attached hydrogen (secondary N) is 1. The van der Waals surface area contributed by atoms with Gasteiger partial charge in [0, 0.05) is 67.8 Å². The van der Waals surface area contributed by atoms with E-state index in [1.165, 1.54) is 29.8 Å². The summed E-state index contributed by atoms with van der Waals surface area (Å²) in [7, 11) is 2.20. The second-order valence-electron chi connectivity index (χ2n) is 8.56. The van der Waals surface area contributed by atoms with Crippen molar-refractivity contribution in [2.75, 3.05) is 48.3 Å². The Kier molecular flexibility index (Phi) is 5.17. The molecule has 5 rings (SSSR count). The van der Waals surface area contributed by atoms with Gasteiger partial charge in [-0.05, 0) is 68.8 Å². The maximum absolute atomic E-state index is 4.74. The second-order valence-corrected chi connectivity index (χ2v) is 8.56. The standard InChI is InChI=1S/C24H30N6/c1-18-25-8-3-9-30(18)24-7-4-19(17-26-24)20-14-22(27-21-5-6-21)16-23(15-20)29-12-10-28(2)11-13-29/h3-4,7-9,14-18,21,27H,5-6,10-13H2,1-2H3. The zero-order chi connectivity index (χ0) is 20.5. The summed E-state index contributed by atoms with van der Waals surface area (Å²) in [6.45, 7) is 6.43. The maximum Gasteiger partial charge on any atom is 0.134 e. The van der Waals surface area contributed by atoms with E-state index in [-0.39, 0.29) is 6.17 Å². The SMILES string of the molecule is CC1N=CC=CN1c1ccc(-c2cc(NC3CC3)cc(N3CCN(C)CC3)c2)cn1. The number of pyridine rings is 1. The van der Waals surface area contributed by atoms with Gasteiger partial charge in [-0.3, -0.25) is 4.99 Å². The Balaban J connectivity index is 1.43. The van der Waals surface area contributed by atoms with Gasteiger partial charge in [0.1, 0.15) is 12.0 Å². The minimum Gasteiger partial charge on any atom is -0.382 e.